The molecule has 6 nitrogen and oxygen atoms in total. The van der Waals surface area contributed by atoms with Crippen molar-refractivity contribution in [3.05, 3.63) is 51.5 Å². The third-order valence-corrected chi connectivity index (χ3v) is 4.49. The number of nitrogens with zero attached hydrogens (tertiary/aromatic N) is 2. The third kappa shape index (κ3) is 5.77. The summed E-state index contributed by atoms with van der Waals surface area (Å²) in [6.07, 6.45) is -4.54. The summed E-state index contributed by atoms with van der Waals surface area (Å²) in [5.74, 6) is -1.16. The summed E-state index contributed by atoms with van der Waals surface area (Å²) in [5, 5.41) is 1.97. The molecule has 1 aromatic heterocycles. The zero-order chi connectivity index (χ0) is 20.7. The Morgan fingerprint density at radius 2 is 2.04 bits per heavy atom. The van der Waals surface area contributed by atoms with Gasteiger partial charge in [-0.3, -0.25) is 4.79 Å². The molecule has 0 saturated carbocycles. The fourth-order valence-electron chi connectivity index (χ4n) is 2.31. The van der Waals surface area contributed by atoms with Gasteiger partial charge in [0.15, 0.2) is 5.69 Å². The Morgan fingerprint density at radius 1 is 1.29 bits per heavy atom. The van der Waals surface area contributed by atoms with E-state index in [2.05, 4.69) is 4.98 Å². The van der Waals surface area contributed by atoms with Crippen LogP contribution in [0.3, 0.4) is 0 Å². The summed E-state index contributed by atoms with van der Waals surface area (Å²) >= 11 is 1.16. The molecule has 1 aromatic carbocycles. The lowest BCUT2D eigenvalue weighted by atomic mass is 10.1. The number of benzene rings is 1. The maximum Gasteiger partial charge on any atom is 0.416 e. The van der Waals surface area contributed by atoms with Gasteiger partial charge in [-0.15, -0.1) is 11.3 Å². The van der Waals surface area contributed by atoms with E-state index >= 15 is 0 Å². The van der Waals surface area contributed by atoms with Crippen LogP contribution in [0.25, 0.3) is 0 Å². The lowest BCUT2D eigenvalue weighted by Crippen LogP contribution is -2.33. The predicted molar refractivity (Wildman–Crippen MR) is 96.1 cm³/mol. The van der Waals surface area contributed by atoms with Crippen molar-refractivity contribution in [1.82, 2.24) is 9.88 Å². The van der Waals surface area contributed by atoms with Gasteiger partial charge in [0.25, 0.3) is 5.91 Å². The van der Waals surface area contributed by atoms with Crippen molar-refractivity contribution in [2.24, 2.45) is 0 Å². The molecule has 0 radical (unpaired) electrons. The van der Waals surface area contributed by atoms with E-state index in [1.807, 2.05) is 0 Å². The predicted octanol–water partition coefficient (Wildman–Crippen LogP) is 3.63. The van der Waals surface area contributed by atoms with E-state index in [4.69, 9.17) is 9.47 Å². The Labute approximate surface area is 163 Å². The number of amides is 1. The van der Waals surface area contributed by atoms with Gasteiger partial charge in [-0.2, -0.15) is 13.2 Å². The highest BCUT2D eigenvalue weighted by Gasteiger charge is 2.31. The van der Waals surface area contributed by atoms with Crippen LogP contribution in [0.2, 0.25) is 0 Å². The molecule has 2 rings (SSSR count). The largest absolute Gasteiger partial charge is 0.461 e. The number of ether oxygens (including phenoxy) is 2. The summed E-state index contributed by atoms with van der Waals surface area (Å²) < 4.78 is 48.6. The van der Waals surface area contributed by atoms with E-state index in [1.165, 1.54) is 29.5 Å². The number of aromatic nitrogens is 1. The maximum absolute atomic E-state index is 12.9. The number of esters is 1. The summed E-state index contributed by atoms with van der Waals surface area (Å²) in [6.45, 7) is 2.26. The Kier molecular flexibility index (Phi) is 7.53. The average molecular weight is 416 g/mol. The van der Waals surface area contributed by atoms with Crippen LogP contribution in [0.1, 0.15) is 38.3 Å². The Morgan fingerprint density at radius 3 is 2.68 bits per heavy atom. The third-order valence-electron chi connectivity index (χ3n) is 3.65. The fourth-order valence-corrected chi connectivity index (χ4v) is 3.09. The van der Waals surface area contributed by atoms with Gasteiger partial charge in [-0.05, 0) is 25.1 Å². The van der Waals surface area contributed by atoms with E-state index in [1.54, 1.807) is 6.92 Å². The molecule has 28 heavy (non-hydrogen) atoms. The van der Waals surface area contributed by atoms with Crippen molar-refractivity contribution in [2.45, 2.75) is 19.6 Å². The van der Waals surface area contributed by atoms with Crippen molar-refractivity contribution < 1.29 is 32.2 Å². The number of carbonyl (C=O) groups is 2. The van der Waals surface area contributed by atoms with Gasteiger partial charge in [0, 0.05) is 24.6 Å². The molecule has 1 heterocycles. The SMILES string of the molecule is CCOC(=O)c1csc(CN(CCOC)C(=O)c2cccc(C(F)(F)F)c2)n1. The molecule has 0 aliphatic carbocycles. The number of hydrogen-bond acceptors (Lipinski definition) is 6. The molecule has 0 fully saturated rings. The number of alkyl halides is 3. The quantitative estimate of drug-likeness (QED) is 0.615. The lowest BCUT2D eigenvalue weighted by molar-refractivity contribution is -0.137. The first kappa shape index (κ1) is 21.8. The molecule has 0 saturated heterocycles. The van der Waals surface area contributed by atoms with Crippen LogP contribution in [0.15, 0.2) is 29.6 Å². The van der Waals surface area contributed by atoms with Crippen molar-refractivity contribution in [1.29, 1.82) is 0 Å². The zero-order valence-corrected chi connectivity index (χ0v) is 16.1. The first-order valence-corrected chi connectivity index (χ1v) is 9.21. The second-order valence-corrected chi connectivity index (χ2v) is 6.59. The highest BCUT2D eigenvalue weighted by atomic mass is 32.1. The van der Waals surface area contributed by atoms with Gasteiger partial charge in [-0.25, -0.2) is 9.78 Å². The first-order chi connectivity index (χ1) is 13.3. The highest BCUT2D eigenvalue weighted by molar-refractivity contribution is 7.09. The molecule has 152 valence electrons. The summed E-state index contributed by atoms with van der Waals surface area (Å²) in [5.41, 5.74) is -0.864. The van der Waals surface area contributed by atoms with Crippen LogP contribution in [0.5, 0.6) is 0 Å². The molecule has 0 spiro atoms. The molecule has 0 unspecified atom stereocenters. The van der Waals surface area contributed by atoms with Gasteiger partial charge in [0.05, 0.1) is 25.3 Å². The first-order valence-electron chi connectivity index (χ1n) is 8.33. The molecule has 10 heteroatoms. The van der Waals surface area contributed by atoms with Crippen molar-refractivity contribution in [3.8, 4) is 0 Å². The van der Waals surface area contributed by atoms with E-state index in [-0.39, 0.29) is 37.6 Å². The number of carbonyl (C=O) groups excluding carboxylic acids is 2. The minimum absolute atomic E-state index is 0.0303. The molecular weight excluding hydrogens is 397 g/mol. The van der Waals surface area contributed by atoms with Gasteiger partial charge < -0.3 is 14.4 Å². The minimum Gasteiger partial charge on any atom is -0.461 e. The number of methoxy groups -OCH3 is 1. The average Bonchev–Trinajstić information content (AvgIpc) is 3.13. The normalized spacial score (nSPS) is 11.3. The van der Waals surface area contributed by atoms with E-state index in [0.29, 0.717) is 5.01 Å². The molecular formula is C18H19F3N2O4S. The Hall–Kier alpha value is -2.46. The molecule has 0 N–H and O–H groups in total. The van der Waals surface area contributed by atoms with Crippen LogP contribution in [-0.4, -0.2) is 48.6 Å². The minimum atomic E-state index is -4.54. The van der Waals surface area contributed by atoms with Crippen LogP contribution in [0, 0.1) is 0 Å². The van der Waals surface area contributed by atoms with Gasteiger partial charge in [0.2, 0.25) is 0 Å². The second-order valence-electron chi connectivity index (χ2n) is 5.65. The van der Waals surface area contributed by atoms with Crippen molar-refractivity contribution in [2.75, 3.05) is 26.9 Å². The number of rotatable bonds is 8. The van der Waals surface area contributed by atoms with Crippen molar-refractivity contribution in [3.63, 3.8) is 0 Å². The zero-order valence-electron chi connectivity index (χ0n) is 15.3. The number of thiazole rings is 1. The molecule has 0 bridgehead atoms. The highest BCUT2D eigenvalue weighted by Crippen LogP contribution is 2.30. The van der Waals surface area contributed by atoms with Gasteiger partial charge in [0.1, 0.15) is 5.01 Å². The van der Waals surface area contributed by atoms with Crippen LogP contribution < -0.4 is 0 Å². The molecule has 0 aliphatic heterocycles. The summed E-state index contributed by atoms with van der Waals surface area (Å²) in [6, 6.07) is 4.23. The van der Waals surface area contributed by atoms with E-state index in [0.717, 1.165) is 23.5 Å². The van der Waals surface area contributed by atoms with E-state index < -0.39 is 23.6 Å². The molecule has 0 atom stereocenters. The maximum atomic E-state index is 12.9. The van der Waals surface area contributed by atoms with E-state index in [9.17, 15) is 22.8 Å². The molecule has 0 aliphatic rings. The Balaban J connectivity index is 2.21. The Bertz CT molecular complexity index is 823. The standard InChI is InChI=1S/C18H19F3N2O4S/c1-3-27-17(25)14-11-28-15(22-14)10-23(7-8-26-2)16(24)12-5-4-6-13(9-12)18(19,20)21/h4-6,9,11H,3,7-8,10H2,1-2H3. The van der Waals surface area contributed by atoms with Gasteiger partial charge >= 0.3 is 12.1 Å². The molecule has 1 amide bonds. The van der Waals surface area contributed by atoms with Crippen LogP contribution >= 0.6 is 11.3 Å². The smallest absolute Gasteiger partial charge is 0.416 e. The topological polar surface area (TPSA) is 68.7 Å². The monoisotopic (exact) mass is 416 g/mol. The van der Waals surface area contributed by atoms with Crippen LogP contribution in [0.4, 0.5) is 13.2 Å². The summed E-state index contributed by atoms with van der Waals surface area (Å²) in [4.78, 5) is 29.9. The summed E-state index contributed by atoms with van der Waals surface area (Å²) in [7, 11) is 1.45. The number of halogens is 3. The van der Waals surface area contributed by atoms with Crippen LogP contribution in [-0.2, 0) is 22.2 Å². The second kappa shape index (κ2) is 9.65. The van der Waals surface area contributed by atoms with Gasteiger partial charge in [-0.1, -0.05) is 6.07 Å². The fraction of sp³-hybridized carbons (Fsp3) is 0.389. The number of hydrogen-bond donors (Lipinski definition) is 0. The van der Waals surface area contributed by atoms with Crippen molar-refractivity contribution >= 4 is 23.2 Å². The lowest BCUT2D eigenvalue weighted by Gasteiger charge is -2.22. The molecule has 2 aromatic rings.